The highest BCUT2D eigenvalue weighted by Gasteiger charge is 2.20. The van der Waals surface area contributed by atoms with Crippen LogP contribution >= 0.6 is 0 Å². The summed E-state index contributed by atoms with van der Waals surface area (Å²) in [6.07, 6.45) is 4.89. The number of carbonyl (C=O) groups is 1. The predicted molar refractivity (Wildman–Crippen MR) is 80.9 cm³/mol. The van der Waals surface area contributed by atoms with Crippen LogP contribution in [0.2, 0.25) is 5.82 Å². The van der Waals surface area contributed by atoms with Gasteiger partial charge in [0.2, 0.25) is 5.91 Å². The molecule has 0 aromatic rings. The van der Waals surface area contributed by atoms with Gasteiger partial charge in [0.05, 0.1) is 13.9 Å². The fourth-order valence-corrected chi connectivity index (χ4v) is 1.95. The number of amides is 1. The normalized spacial score (nSPS) is 15.8. The smallest absolute Gasteiger partial charge is 0.237 e. The van der Waals surface area contributed by atoms with Crippen molar-refractivity contribution in [2.24, 2.45) is 17.2 Å². The molecule has 0 aliphatic heterocycles. The highest BCUT2D eigenvalue weighted by Crippen LogP contribution is 2.16. The van der Waals surface area contributed by atoms with Crippen LogP contribution in [0.5, 0.6) is 0 Å². The number of nitrogens with one attached hydrogen (secondary N) is 1. The molecule has 0 aliphatic rings. The quantitative estimate of drug-likeness (QED) is 0.313. The Morgan fingerprint density at radius 3 is 2.32 bits per heavy atom. The maximum Gasteiger partial charge on any atom is 0.237 e. The molecule has 0 aromatic heterocycles. The lowest BCUT2D eigenvalue weighted by Crippen LogP contribution is -2.47. The molecule has 0 rings (SSSR count). The molecule has 7 N–H and O–H groups in total. The van der Waals surface area contributed by atoms with Gasteiger partial charge in [0.15, 0.2) is 0 Å². The van der Waals surface area contributed by atoms with Gasteiger partial charge in [0, 0.05) is 6.04 Å². The average molecular weight is 268 g/mol. The van der Waals surface area contributed by atoms with Crippen LogP contribution in [-0.4, -0.2) is 38.9 Å². The number of unbranched alkanes of at least 4 members (excludes halogenated alkanes) is 1. The van der Waals surface area contributed by atoms with E-state index in [4.69, 9.17) is 25.0 Å². The molecule has 6 heteroatoms. The molecule has 0 spiro atoms. The van der Waals surface area contributed by atoms with Crippen molar-refractivity contribution < 1.29 is 4.79 Å². The molecule has 110 valence electrons. The Labute approximate surface area is 118 Å². The summed E-state index contributed by atoms with van der Waals surface area (Å²) in [5.41, 5.74) is 16.8. The first-order valence-corrected chi connectivity index (χ1v) is 7.28. The Morgan fingerprint density at radius 2 is 1.79 bits per heavy atom. The SMILES string of the molecule is [B]C(CC)C(CCCN)NC(=O)C(N)CCCCN. The summed E-state index contributed by atoms with van der Waals surface area (Å²) in [4.78, 5) is 12.0. The van der Waals surface area contributed by atoms with Gasteiger partial charge >= 0.3 is 0 Å². The zero-order valence-electron chi connectivity index (χ0n) is 12.1. The molecule has 3 unspecified atom stereocenters. The lowest BCUT2D eigenvalue weighted by Gasteiger charge is -2.26. The van der Waals surface area contributed by atoms with Gasteiger partial charge in [-0.15, -0.1) is 0 Å². The summed E-state index contributed by atoms with van der Waals surface area (Å²) in [5, 5.41) is 2.95. The number of nitrogens with two attached hydrogens (primary N) is 3. The molecule has 0 aliphatic carbocycles. The summed E-state index contributed by atoms with van der Waals surface area (Å²) in [6.45, 7) is 3.24. The van der Waals surface area contributed by atoms with Crippen LogP contribution in [0.25, 0.3) is 0 Å². The zero-order chi connectivity index (χ0) is 14.7. The van der Waals surface area contributed by atoms with E-state index in [2.05, 4.69) is 5.32 Å². The second-order valence-electron chi connectivity index (χ2n) is 5.01. The lowest BCUT2D eigenvalue weighted by atomic mass is 9.77. The van der Waals surface area contributed by atoms with Crippen LogP contribution in [0, 0.1) is 0 Å². The van der Waals surface area contributed by atoms with E-state index in [0.29, 0.717) is 19.5 Å². The van der Waals surface area contributed by atoms with Crippen molar-refractivity contribution in [3.8, 4) is 0 Å². The summed E-state index contributed by atoms with van der Waals surface area (Å²) in [5.74, 6) is -0.172. The van der Waals surface area contributed by atoms with Gasteiger partial charge in [-0.05, 0) is 38.8 Å². The number of hydrogen-bond donors (Lipinski definition) is 4. The fraction of sp³-hybridized carbons (Fsp3) is 0.923. The van der Waals surface area contributed by atoms with Crippen LogP contribution in [0.15, 0.2) is 0 Å². The van der Waals surface area contributed by atoms with Gasteiger partial charge in [-0.25, -0.2) is 0 Å². The summed E-state index contributed by atoms with van der Waals surface area (Å²) >= 11 is 0. The van der Waals surface area contributed by atoms with E-state index in [1.54, 1.807) is 0 Å². The van der Waals surface area contributed by atoms with Crippen molar-refractivity contribution in [3.05, 3.63) is 0 Å². The first-order chi connectivity index (χ1) is 9.06. The Hall–Kier alpha value is -0.585. The molecule has 0 saturated heterocycles. The van der Waals surface area contributed by atoms with Crippen molar-refractivity contribution in [3.63, 3.8) is 0 Å². The van der Waals surface area contributed by atoms with Crippen molar-refractivity contribution in [1.82, 2.24) is 5.32 Å². The van der Waals surface area contributed by atoms with E-state index < -0.39 is 6.04 Å². The van der Waals surface area contributed by atoms with Crippen molar-refractivity contribution >= 4 is 13.8 Å². The minimum atomic E-state index is -0.476. The van der Waals surface area contributed by atoms with Gasteiger partial charge in [-0.2, -0.15) is 0 Å². The highest BCUT2D eigenvalue weighted by atomic mass is 16.2. The van der Waals surface area contributed by atoms with Gasteiger partial charge < -0.3 is 22.5 Å². The first-order valence-electron chi connectivity index (χ1n) is 7.28. The van der Waals surface area contributed by atoms with Gasteiger partial charge in [-0.1, -0.05) is 25.6 Å². The van der Waals surface area contributed by atoms with E-state index >= 15 is 0 Å². The molecule has 0 aromatic carbocycles. The van der Waals surface area contributed by atoms with Crippen molar-refractivity contribution in [1.29, 1.82) is 0 Å². The largest absolute Gasteiger partial charge is 0.352 e. The van der Waals surface area contributed by atoms with E-state index in [1.165, 1.54) is 0 Å². The number of carbonyl (C=O) groups excluding carboxylic acids is 1. The molecule has 0 heterocycles. The van der Waals surface area contributed by atoms with E-state index in [1.807, 2.05) is 6.92 Å². The summed E-state index contributed by atoms with van der Waals surface area (Å²) < 4.78 is 0. The molecule has 0 fully saturated rings. The minimum absolute atomic E-state index is 0.0402. The summed E-state index contributed by atoms with van der Waals surface area (Å²) in [6, 6.07) is -0.516. The monoisotopic (exact) mass is 268 g/mol. The Balaban J connectivity index is 4.19. The van der Waals surface area contributed by atoms with E-state index in [0.717, 1.165) is 32.1 Å². The van der Waals surface area contributed by atoms with Crippen molar-refractivity contribution in [2.75, 3.05) is 13.1 Å². The summed E-state index contributed by atoms with van der Waals surface area (Å²) in [7, 11) is 6.02. The molecule has 0 bridgehead atoms. The number of hydrogen-bond acceptors (Lipinski definition) is 4. The Kier molecular flexibility index (Phi) is 10.9. The second-order valence-corrected chi connectivity index (χ2v) is 5.01. The first kappa shape index (κ1) is 18.4. The third-order valence-corrected chi connectivity index (χ3v) is 3.34. The molecule has 1 amide bonds. The second kappa shape index (κ2) is 11.3. The topological polar surface area (TPSA) is 107 Å². The van der Waals surface area contributed by atoms with Gasteiger partial charge in [0.25, 0.3) is 0 Å². The van der Waals surface area contributed by atoms with Crippen molar-refractivity contribution in [2.45, 2.75) is 63.3 Å². The van der Waals surface area contributed by atoms with E-state index in [-0.39, 0.29) is 17.8 Å². The molecule has 3 atom stereocenters. The zero-order valence-corrected chi connectivity index (χ0v) is 12.1. The molecule has 2 radical (unpaired) electrons. The van der Waals surface area contributed by atoms with Crippen LogP contribution in [-0.2, 0) is 4.79 Å². The maximum absolute atomic E-state index is 12.0. The lowest BCUT2D eigenvalue weighted by molar-refractivity contribution is -0.123. The maximum atomic E-state index is 12.0. The molecule has 0 saturated carbocycles. The molecular weight excluding hydrogens is 239 g/mol. The minimum Gasteiger partial charge on any atom is -0.352 e. The Morgan fingerprint density at radius 1 is 1.16 bits per heavy atom. The van der Waals surface area contributed by atoms with E-state index in [9.17, 15) is 4.79 Å². The molecule has 19 heavy (non-hydrogen) atoms. The third kappa shape index (κ3) is 8.24. The van der Waals surface area contributed by atoms with Crippen LogP contribution in [0.1, 0.15) is 45.4 Å². The van der Waals surface area contributed by atoms with Crippen LogP contribution in [0.3, 0.4) is 0 Å². The number of rotatable bonds is 11. The average Bonchev–Trinajstić information content (AvgIpc) is 2.42. The van der Waals surface area contributed by atoms with Crippen LogP contribution < -0.4 is 22.5 Å². The van der Waals surface area contributed by atoms with Gasteiger partial charge in [-0.3, -0.25) is 4.79 Å². The highest BCUT2D eigenvalue weighted by molar-refractivity contribution is 6.12. The third-order valence-electron chi connectivity index (χ3n) is 3.34. The molecule has 5 nitrogen and oxygen atoms in total. The van der Waals surface area contributed by atoms with Gasteiger partial charge in [0.1, 0.15) is 0 Å². The fourth-order valence-electron chi connectivity index (χ4n) is 1.95. The van der Waals surface area contributed by atoms with Crippen LogP contribution in [0.4, 0.5) is 0 Å². The standard InChI is InChI=1S/C13H29BN4O/c1-2-10(14)12(7-5-9-16)18-13(19)11(17)6-3-4-8-15/h10-12H,2-9,15-17H2,1H3,(H,18,19). The Bertz CT molecular complexity index is 241. The molecular formula is C13H29BN4O. The predicted octanol–water partition coefficient (Wildman–Crippen LogP) is 0.0334.